The number of anilines is 1. The zero-order chi connectivity index (χ0) is 11.4. The molecule has 0 saturated heterocycles. The van der Waals surface area contributed by atoms with Gasteiger partial charge in [0.1, 0.15) is 0 Å². The lowest BCUT2D eigenvalue weighted by atomic mass is 10.2. The lowest BCUT2D eigenvalue weighted by molar-refractivity contribution is -0.113. The molecule has 0 bridgehead atoms. The Morgan fingerprint density at radius 3 is 3.06 bits per heavy atom. The smallest absolute Gasteiger partial charge is 0.238 e. The first-order valence-corrected chi connectivity index (χ1v) is 5.07. The van der Waals surface area contributed by atoms with Crippen LogP contribution >= 0.6 is 0 Å². The average molecular weight is 216 g/mol. The Hall–Kier alpha value is -1.94. The molecule has 0 saturated carbocycles. The molecule has 0 atom stereocenters. The van der Waals surface area contributed by atoms with Crippen LogP contribution in [0.1, 0.15) is 6.92 Å². The molecule has 0 aliphatic rings. The van der Waals surface area contributed by atoms with Crippen molar-refractivity contribution in [3.05, 3.63) is 36.5 Å². The molecular weight excluding hydrogens is 204 g/mol. The van der Waals surface area contributed by atoms with Crippen LogP contribution in [-0.4, -0.2) is 18.0 Å². The largest absolute Gasteiger partial charge is 0.276 e. The van der Waals surface area contributed by atoms with E-state index in [9.17, 15) is 4.79 Å². The first kappa shape index (κ1) is 10.6. The van der Waals surface area contributed by atoms with Gasteiger partial charge in [-0.2, -0.15) is 5.06 Å². The number of aromatic nitrogens is 1. The SMILES string of the molecule is CCON(C=O)c1ccc2ncccc2c1. The van der Waals surface area contributed by atoms with Crippen LogP contribution in [0.2, 0.25) is 0 Å². The molecule has 1 amide bonds. The minimum absolute atomic E-state index is 0.448. The second kappa shape index (κ2) is 4.72. The van der Waals surface area contributed by atoms with Gasteiger partial charge in [0.15, 0.2) is 0 Å². The first-order chi connectivity index (χ1) is 7.85. The highest BCUT2D eigenvalue weighted by Gasteiger charge is 2.05. The van der Waals surface area contributed by atoms with Crippen molar-refractivity contribution in [1.29, 1.82) is 0 Å². The zero-order valence-electron chi connectivity index (χ0n) is 8.96. The standard InChI is InChI=1S/C12H12N2O2/c1-2-16-14(9-15)11-5-6-12-10(8-11)4-3-7-13-12/h3-9H,2H2,1H3. The molecule has 0 fully saturated rings. The molecule has 2 rings (SSSR count). The third-order valence-electron chi connectivity index (χ3n) is 2.20. The van der Waals surface area contributed by atoms with Crippen LogP contribution in [0.5, 0.6) is 0 Å². The van der Waals surface area contributed by atoms with E-state index in [0.29, 0.717) is 18.7 Å². The van der Waals surface area contributed by atoms with Crippen LogP contribution in [0.3, 0.4) is 0 Å². The summed E-state index contributed by atoms with van der Waals surface area (Å²) < 4.78 is 0. The fourth-order valence-electron chi connectivity index (χ4n) is 1.51. The summed E-state index contributed by atoms with van der Waals surface area (Å²) in [6.07, 6.45) is 2.39. The van der Waals surface area contributed by atoms with Gasteiger partial charge in [0, 0.05) is 11.6 Å². The molecule has 0 radical (unpaired) electrons. The fourth-order valence-corrected chi connectivity index (χ4v) is 1.51. The van der Waals surface area contributed by atoms with E-state index in [0.717, 1.165) is 10.9 Å². The molecule has 1 aromatic heterocycles. The number of hydrogen-bond acceptors (Lipinski definition) is 3. The Labute approximate surface area is 93.4 Å². The number of amides is 1. The average Bonchev–Trinajstić information content (AvgIpc) is 2.35. The summed E-state index contributed by atoms with van der Waals surface area (Å²) in [5, 5.41) is 2.19. The van der Waals surface area contributed by atoms with Crippen molar-refractivity contribution in [3.63, 3.8) is 0 Å². The summed E-state index contributed by atoms with van der Waals surface area (Å²) in [6.45, 7) is 2.28. The predicted molar refractivity (Wildman–Crippen MR) is 61.9 cm³/mol. The third kappa shape index (κ3) is 2.01. The predicted octanol–water partition coefficient (Wildman–Crippen LogP) is 2.15. The van der Waals surface area contributed by atoms with Crippen molar-refractivity contribution < 1.29 is 9.63 Å². The van der Waals surface area contributed by atoms with Crippen LogP contribution < -0.4 is 5.06 Å². The van der Waals surface area contributed by atoms with E-state index in [1.165, 1.54) is 5.06 Å². The van der Waals surface area contributed by atoms with Gasteiger partial charge in [0.25, 0.3) is 0 Å². The van der Waals surface area contributed by atoms with Crippen molar-refractivity contribution in [1.82, 2.24) is 4.98 Å². The Balaban J connectivity index is 2.41. The van der Waals surface area contributed by atoms with Gasteiger partial charge in [-0.3, -0.25) is 14.6 Å². The van der Waals surface area contributed by atoms with E-state index in [1.54, 1.807) is 12.3 Å². The van der Waals surface area contributed by atoms with Gasteiger partial charge < -0.3 is 0 Å². The Morgan fingerprint density at radius 1 is 1.44 bits per heavy atom. The second-order valence-corrected chi connectivity index (χ2v) is 3.23. The highest BCUT2D eigenvalue weighted by molar-refractivity contribution is 5.85. The van der Waals surface area contributed by atoms with E-state index in [4.69, 9.17) is 4.84 Å². The summed E-state index contributed by atoms with van der Waals surface area (Å²) in [7, 11) is 0. The van der Waals surface area contributed by atoms with E-state index < -0.39 is 0 Å². The van der Waals surface area contributed by atoms with E-state index in [1.807, 2.05) is 31.2 Å². The minimum atomic E-state index is 0.448. The number of carbonyl (C=O) groups excluding carboxylic acids is 1. The molecule has 0 aliphatic heterocycles. The Kier molecular flexibility index (Phi) is 3.12. The molecule has 0 unspecified atom stereocenters. The Bertz CT molecular complexity index is 499. The molecule has 0 N–H and O–H groups in total. The van der Waals surface area contributed by atoms with Gasteiger partial charge in [0.2, 0.25) is 6.41 Å². The Morgan fingerprint density at radius 2 is 2.31 bits per heavy atom. The van der Waals surface area contributed by atoms with Crippen LogP contribution in [0.15, 0.2) is 36.5 Å². The molecule has 1 heterocycles. The van der Waals surface area contributed by atoms with E-state index >= 15 is 0 Å². The number of pyridine rings is 1. The maximum absolute atomic E-state index is 10.8. The van der Waals surface area contributed by atoms with Crippen molar-refractivity contribution in [3.8, 4) is 0 Å². The van der Waals surface area contributed by atoms with Gasteiger partial charge in [-0.25, -0.2) is 0 Å². The number of fused-ring (bicyclic) bond motifs is 1. The van der Waals surface area contributed by atoms with E-state index in [2.05, 4.69) is 4.98 Å². The number of benzene rings is 1. The van der Waals surface area contributed by atoms with Crippen molar-refractivity contribution >= 4 is 23.0 Å². The highest BCUT2D eigenvalue weighted by atomic mass is 16.7. The lowest BCUT2D eigenvalue weighted by Gasteiger charge is -2.15. The van der Waals surface area contributed by atoms with Crippen LogP contribution in [-0.2, 0) is 9.63 Å². The summed E-state index contributed by atoms with van der Waals surface area (Å²) in [6, 6.07) is 9.34. The second-order valence-electron chi connectivity index (χ2n) is 3.23. The van der Waals surface area contributed by atoms with Gasteiger partial charge >= 0.3 is 0 Å². The molecule has 0 aliphatic carbocycles. The summed E-state index contributed by atoms with van der Waals surface area (Å²) >= 11 is 0. The van der Waals surface area contributed by atoms with Crippen LogP contribution in [0.25, 0.3) is 10.9 Å². The maximum Gasteiger partial charge on any atom is 0.238 e. The summed E-state index contributed by atoms with van der Waals surface area (Å²) in [4.78, 5) is 20.2. The third-order valence-corrected chi connectivity index (χ3v) is 2.20. The molecule has 2 aromatic rings. The molecule has 4 nitrogen and oxygen atoms in total. The molecule has 4 heteroatoms. The highest BCUT2D eigenvalue weighted by Crippen LogP contribution is 2.19. The number of nitrogens with zero attached hydrogens (tertiary/aromatic N) is 2. The molecule has 0 spiro atoms. The fraction of sp³-hybridized carbons (Fsp3) is 0.167. The van der Waals surface area contributed by atoms with E-state index in [-0.39, 0.29) is 0 Å². The normalized spacial score (nSPS) is 10.3. The number of hydroxylamine groups is 1. The molecule has 16 heavy (non-hydrogen) atoms. The van der Waals surface area contributed by atoms with Crippen LogP contribution in [0.4, 0.5) is 5.69 Å². The minimum Gasteiger partial charge on any atom is -0.276 e. The van der Waals surface area contributed by atoms with Gasteiger partial charge in [-0.05, 0) is 31.2 Å². The van der Waals surface area contributed by atoms with Crippen LogP contribution in [0, 0.1) is 0 Å². The molecule has 82 valence electrons. The summed E-state index contributed by atoms with van der Waals surface area (Å²) in [5.41, 5.74) is 1.60. The van der Waals surface area contributed by atoms with Gasteiger partial charge in [-0.15, -0.1) is 0 Å². The van der Waals surface area contributed by atoms with Gasteiger partial charge in [0.05, 0.1) is 17.8 Å². The number of hydrogen-bond donors (Lipinski definition) is 0. The topological polar surface area (TPSA) is 42.4 Å². The summed E-state index contributed by atoms with van der Waals surface area (Å²) in [5.74, 6) is 0. The molecule has 1 aromatic carbocycles. The van der Waals surface area contributed by atoms with Crippen molar-refractivity contribution in [2.24, 2.45) is 0 Å². The zero-order valence-corrected chi connectivity index (χ0v) is 8.96. The maximum atomic E-state index is 10.8. The molecular formula is C12H12N2O2. The monoisotopic (exact) mass is 216 g/mol. The lowest BCUT2D eigenvalue weighted by Crippen LogP contribution is -2.21. The number of carbonyl (C=O) groups is 1. The van der Waals surface area contributed by atoms with Gasteiger partial charge in [-0.1, -0.05) is 6.07 Å². The van der Waals surface area contributed by atoms with Crippen molar-refractivity contribution in [2.75, 3.05) is 11.7 Å². The quantitative estimate of drug-likeness (QED) is 0.581. The number of rotatable bonds is 4. The first-order valence-electron chi connectivity index (χ1n) is 5.07. The van der Waals surface area contributed by atoms with Crippen molar-refractivity contribution in [2.45, 2.75) is 6.92 Å².